The van der Waals surface area contributed by atoms with Crippen LogP contribution in [0, 0.1) is 11.3 Å². The zero-order chi connectivity index (χ0) is 8.94. The Morgan fingerprint density at radius 2 is 1.54 bits per heavy atom. The molecule has 3 heteroatoms. The summed E-state index contributed by atoms with van der Waals surface area (Å²) in [5, 5.41) is 0. The van der Waals surface area contributed by atoms with Gasteiger partial charge in [0, 0.05) is 11.3 Å². The summed E-state index contributed by atoms with van der Waals surface area (Å²) in [4.78, 5) is 0. The quantitative estimate of drug-likeness (QED) is 0.618. The van der Waals surface area contributed by atoms with E-state index in [0.29, 0.717) is 5.92 Å². The Bertz CT molecular complexity index is 198. The van der Waals surface area contributed by atoms with Crippen LogP contribution in [0.4, 0.5) is 0 Å². The molecule has 4 aliphatic rings. The first-order valence-corrected chi connectivity index (χ1v) is 5.14. The monoisotopic (exact) mass is 184 g/mol. The van der Waals surface area contributed by atoms with Gasteiger partial charge in [0.1, 0.15) is 0 Å². The lowest BCUT2D eigenvalue weighted by molar-refractivity contribution is -0.489. The van der Waals surface area contributed by atoms with E-state index in [1.165, 1.54) is 19.3 Å². The van der Waals surface area contributed by atoms with E-state index in [9.17, 15) is 0 Å². The normalized spacial score (nSPS) is 50.5. The second kappa shape index (κ2) is 2.47. The minimum Gasteiger partial charge on any atom is -0.326 e. The summed E-state index contributed by atoms with van der Waals surface area (Å²) < 4.78 is 17.2. The van der Waals surface area contributed by atoms with Gasteiger partial charge in [-0.3, -0.25) is 0 Å². The fraction of sp³-hybridized carbons (Fsp3) is 1.00. The predicted molar refractivity (Wildman–Crippen MR) is 46.0 cm³/mol. The standard InChI is InChI=1S/C10H16O3/c1-9-5-11-10(12-6-9,13-7-9)8-3-2-4-8/h8H,2-7H2,1H3. The highest BCUT2D eigenvalue weighted by atomic mass is 16.9. The van der Waals surface area contributed by atoms with E-state index in [1.54, 1.807) is 0 Å². The molecule has 0 aromatic carbocycles. The molecule has 1 saturated carbocycles. The van der Waals surface area contributed by atoms with Crippen molar-refractivity contribution >= 4 is 0 Å². The summed E-state index contributed by atoms with van der Waals surface area (Å²) in [7, 11) is 0. The van der Waals surface area contributed by atoms with Crippen molar-refractivity contribution < 1.29 is 14.2 Å². The minimum atomic E-state index is -0.643. The van der Waals surface area contributed by atoms with Gasteiger partial charge in [-0.15, -0.1) is 0 Å². The Labute approximate surface area is 78.3 Å². The molecule has 13 heavy (non-hydrogen) atoms. The molecule has 3 nitrogen and oxygen atoms in total. The highest BCUT2D eigenvalue weighted by Gasteiger charge is 2.55. The maximum atomic E-state index is 5.73. The molecule has 4 rings (SSSR count). The van der Waals surface area contributed by atoms with E-state index in [2.05, 4.69) is 6.92 Å². The zero-order valence-corrected chi connectivity index (χ0v) is 8.04. The van der Waals surface area contributed by atoms with Crippen LogP contribution in [-0.4, -0.2) is 25.8 Å². The maximum Gasteiger partial charge on any atom is 0.285 e. The van der Waals surface area contributed by atoms with Gasteiger partial charge in [-0.1, -0.05) is 13.3 Å². The summed E-state index contributed by atoms with van der Waals surface area (Å²) in [6, 6.07) is 0. The molecular weight excluding hydrogens is 168 g/mol. The van der Waals surface area contributed by atoms with Crippen molar-refractivity contribution in [2.24, 2.45) is 11.3 Å². The second-order valence-corrected chi connectivity index (χ2v) is 4.91. The van der Waals surface area contributed by atoms with Crippen molar-refractivity contribution in [3.63, 3.8) is 0 Å². The third-order valence-corrected chi connectivity index (χ3v) is 3.47. The lowest BCUT2D eigenvalue weighted by atomic mass is 9.80. The smallest absolute Gasteiger partial charge is 0.285 e. The Morgan fingerprint density at radius 3 is 1.92 bits per heavy atom. The fourth-order valence-corrected chi connectivity index (χ4v) is 2.19. The molecule has 0 spiro atoms. The van der Waals surface area contributed by atoms with Gasteiger partial charge in [-0.25, -0.2) is 0 Å². The second-order valence-electron chi connectivity index (χ2n) is 4.91. The topological polar surface area (TPSA) is 27.7 Å². The Morgan fingerprint density at radius 1 is 1.00 bits per heavy atom. The highest BCUT2D eigenvalue weighted by molar-refractivity contribution is 4.90. The molecule has 0 atom stereocenters. The third-order valence-electron chi connectivity index (χ3n) is 3.47. The van der Waals surface area contributed by atoms with Gasteiger partial charge in [0.2, 0.25) is 0 Å². The molecule has 3 saturated heterocycles. The molecular formula is C10H16O3. The van der Waals surface area contributed by atoms with Crippen molar-refractivity contribution in [1.82, 2.24) is 0 Å². The number of fused-ring (bicyclic) bond motifs is 3. The van der Waals surface area contributed by atoms with Crippen molar-refractivity contribution in [1.29, 1.82) is 0 Å². The molecule has 0 amide bonds. The van der Waals surface area contributed by atoms with Gasteiger partial charge in [-0.05, 0) is 12.8 Å². The van der Waals surface area contributed by atoms with E-state index in [4.69, 9.17) is 14.2 Å². The van der Waals surface area contributed by atoms with Crippen molar-refractivity contribution in [3.8, 4) is 0 Å². The van der Waals surface area contributed by atoms with Crippen molar-refractivity contribution in [3.05, 3.63) is 0 Å². The first-order valence-electron chi connectivity index (χ1n) is 5.14. The van der Waals surface area contributed by atoms with Crippen LogP contribution in [0.5, 0.6) is 0 Å². The van der Waals surface area contributed by atoms with Crippen LogP contribution < -0.4 is 0 Å². The lowest BCUT2D eigenvalue weighted by Gasteiger charge is -2.55. The fourth-order valence-electron chi connectivity index (χ4n) is 2.19. The van der Waals surface area contributed by atoms with Crippen molar-refractivity contribution in [2.75, 3.05) is 19.8 Å². The van der Waals surface area contributed by atoms with Gasteiger partial charge in [-0.2, -0.15) is 0 Å². The largest absolute Gasteiger partial charge is 0.326 e. The van der Waals surface area contributed by atoms with Gasteiger partial charge in [0.05, 0.1) is 19.8 Å². The Kier molecular flexibility index (Phi) is 1.56. The molecule has 0 unspecified atom stereocenters. The van der Waals surface area contributed by atoms with E-state index >= 15 is 0 Å². The Balaban J connectivity index is 1.79. The maximum absolute atomic E-state index is 5.73. The molecule has 3 aliphatic heterocycles. The summed E-state index contributed by atoms with van der Waals surface area (Å²) in [5.41, 5.74) is 0.103. The molecule has 0 N–H and O–H groups in total. The number of rotatable bonds is 1. The van der Waals surface area contributed by atoms with Gasteiger partial charge < -0.3 is 14.2 Å². The average molecular weight is 184 g/mol. The van der Waals surface area contributed by atoms with Crippen molar-refractivity contribution in [2.45, 2.75) is 32.2 Å². The first kappa shape index (κ1) is 8.21. The van der Waals surface area contributed by atoms with Gasteiger partial charge in [0.25, 0.3) is 5.97 Å². The summed E-state index contributed by atoms with van der Waals surface area (Å²) in [6.07, 6.45) is 3.67. The van der Waals surface area contributed by atoms with Crippen LogP contribution in [0.15, 0.2) is 0 Å². The molecule has 2 bridgehead atoms. The van der Waals surface area contributed by atoms with E-state index in [0.717, 1.165) is 19.8 Å². The molecule has 0 radical (unpaired) electrons. The SMILES string of the molecule is CC12COC(C3CCC3)(OC1)OC2. The number of hydrogen-bond acceptors (Lipinski definition) is 3. The van der Waals surface area contributed by atoms with Crippen LogP contribution in [0.2, 0.25) is 0 Å². The molecule has 3 heterocycles. The van der Waals surface area contributed by atoms with Crippen LogP contribution >= 0.6 is 0 Å². The van der Waals surface area contributed by atoms with E-state index in [-0.39, 0.29) is 5.41 Å². The van der Waals surface area contributed by atoms with Gasteiger partial charge >= 0.3 is 0 Å². The van der Waals surface area contributed by atoms with Gasteiger partial charge in [0.15, 0.2) is 0 Å². The van der Waals surface area contributed by atoms with Crippen LogP contribution in [0.3, 0.4) is 0 Å². The third kappa shape index (κ3) is 1.07. The van der Waals surface area contributed by atoms with E-state index in [1.807, 2.05) is 0 Å². The molecule has 4 fully saturated rings. The van der Waals surface area contributed by atoms with Crippen LogP contribution in [0.25, 0.3) is 0 Å². The summed E-state index contributed by atoms with van der Waals surface area (Å²) >= 11 is 0. The zero-order valence-electron chi connectivity index (χ0n) is 8.04. The molecule has 0 aromatic heterocycles. The average Bonchev–Trinajstić information content (AvgIpc) is 2.04. The summed E-state index contributed by atoms with van der Waals surface area (Å²) in [6.45, 7) is 4.54. The molecule has 0 aromatic rings. The van der Waals surface area contributed by atoms with Crippen LogP contribution in [-0.2, 0) is 14.2 Å². The number of hydrogen-bond donors (Lipinski definition) is 0. The molecule has 74 valence electrons. The van der Waals surface area contributed by atoms with E-state index < -0.39 is 5.97 Å². The Hall–Kier alpha value is -0.120. The predicted octanol–water partition coefficient (Wildman–Crippen LogP) is 1.52. The highest BCUT2D eigenvalue weighted by Crippen LogP contribution is 2.48. The molecule has 1 aliphatic carbocycles. The minimum absolute atomic E-state index is 0.103. The van der Waals surface area contributed by atoms with Crippen LogP contribution in [0.1, 0.15) is 26.2 Å². The first-order chi connectivity index (χ1) is 6.23. The summed E-state index contributed by atoms with van der Waals surface area (Å²) in [5.74, 6) is -0.159. The lowest BCUT2D eigenvalue weighted by Crippen LogP contribution is -2.63. The number of ether oxygens (including phenoxy) is 3.